The molecule has 0 N–H and O–H groups in total. The molecule has 314 valence electrons. The Kier molecular flexibility index (Phi) is 10.2. The van der Waals surface area contributed by atoms with Gasteiger partial charge in [-0.25, -0.2) is 0 Å². The minimum atomic E-state index is 0.449. The molecule has 1 heterocycles. The van der Waals surface area contributed by atoms with E-state index in [0.717, 1.165) is 66.8 Å². The fraction of sp³-hybridized carbons (Fsp3) is 0.0968. The van der Waals surface area contributed by atoms with Gasteiger partial charge in [-0.15, -0.1) is 0 Å². The monoisotopic (exact) mass is 838 g/mol. The highest BCUT2D eigenvalue weighted by atomic mass is 16.3. The highest BCUT2D eigenvalue weighted by molar-refractivity contribution is 6.14. The van der Waals surface area contributed by atoms with Crippen molar-refractivity contribution in [3.8, 4) is 22.3 Å². The number of rotatable bonds is 10. The van der Waals surface area contributed by atoms with Crippen LogP contribution in [-0.2, 0) is 0 Å². The van der Waals surface area contributed by atoms with Crippen LogP contribution < -0.4 is 9.80 Å². The number of hydrogen-bond donors (Lipinski definition) is 0. The summed E-state index contributed by atoms with van der Waals surface area (Å²) in [5, 5.41) is 6.82. The highest BCUT2D eigenvalue weighted by Crippen LogP contribution is 2.45. The van der Waals surface area contributed by atoms with E-state index >= 15 is 0 Å². The molecule has 0 bridgehead atoms. The Morgan fingerprint density at radius 3 is 1.09 bits per heavy atom. The van der Waals surface area contributed by atoms with E-state index in [9.17, 15) is 0 Å². The quantitative estimate of drug-likeness (QED) is 0.137. The Hall–Kier alpha value is -7.88. The van der Waals surface area contributed by atoms with E-state index in [0.29, 0.717) is 11.8 Å². The molecule has 0 saturated carbocycles. The highest BCUT2D eigenvalue weighted by Gasteiger charge is 2.21. The molecule has 11 rings (SSSR count). The second-order valence-corrected chi connectivity index (χ2v) is 17.8. The maximum Gasteiger partial charge on any atom is 0.136 e. The second-order valence-electron chi connectivity index (χ2n) is 17.8. The van der Waals surface area contributed by atoms with Crippen LogP contribution in [0.1, 0.15) is 50.7 Å². The van der Waals surface area contributed by atoms with Crippen LogP contribution >= 0.6 is 0 Å². The molecule has 0 aliphatic rings. The van der Waals surface area contributed by atoms with Gasteiger partial charge >= 0.3 is 0 Å². The van der Waals surface area contributed by atoms with Crippen LogP contribution in [0.15, 0.2) is 223 Å². The van der Waals surface area contributed by atoms with E-state index < -0.39 is 0 Å². The predicted molar refractivity (Wildman–Crippen MR) is 277 cm³/mol. The molecule has 0 aliphatic carbocycles. The summed E-state index contributed by atoms with van der Waals surface area (Å²) in [6.45, 7) is 8.98. The van der Waals surface area contributed by atoms with Gasteiger partial charge in [-0.2, -0.15) is 0 Å². The number of nitrogens with zero attached hydrogens (tertiary/aromatic N) is 2. The summed E-state index contributed by atoms with van der Waals surface area (Å²) in [4.78, 5) is 4.78. The minimum absolute atomic E-state index is 0.449. The Bertz CT molecular complexity index is 3240. The van der Waals surface area contributed by atoms with Crippen molar-refractivity contribution in [2.24, 2.45) is 0 Å². The lowest BCUT2D eigenvalue weighted by atomic mass is 9.99. The van der Waals surface area contributed by atoms with Crippen molar-refractivity contribution < 1.29 is 4.42 Å². The van der Waals surface area contributed by atoms with Crippen molar-refractivity contribution in [1.29, 1.82) is 0 Å². The van der Waals surface area contributed by atoms with Gasteiger partial charge in [0, 0.05) is 44.6 Å². The molecule has 10 aromatic carbocycles. The molecule has 0 amide bonds. The van der Waals surface area contributed by atoms with Gasteiger partial charge in [-0.1, -0.05) is 161 Å². The predicted octanol–water partition coefficient (Wildman–Crippen LogP) is 18.4. The van der Waals surface area contributed by atoms with Crippen LogP contribution in [0.5, 0.6) is 0 Å². The first kappa shape index (κ1) is 39.9. The first-order valence-corrected chi connectivity index (χ1v) is 22.8. The van der Waals surface area contributed by atoms with Crippen molar-refractivity contribution >= 4 is 77.6 Å². The number of hydrogen-bond acceptors (Lipinski definition) is 3. The summed E-state index contributed by atoms with van der Waals surface area (Å²) >= 11 is 0. The summed E-state index contributed by atoms with van der Waals surface area (Å²) in [6.07, 6.45) is 0. The molecule has 0 fully saturated rings. The summed E-state index contributed by atoms with van der Waals surface area (Å²) in [7, 11) is 0. The summed E-state index contributed by atoms with van der Waals surface area (Å²) in [6, 6.07) is 79.5. The average Bonchev–Trinajstić information content (AvgIpc) is 3.69. The minimum Gasteiger partial charge on any atom is -0.456 e. The fourth-order valence-electron chi connectivity index (χ4n) is 9.45. The standard InChI is InChI=1S/C62H50N2O/c1-41(2)43-23-29-51(30-24-43)63(59-21-13-11-19-55(59)45-15-7-5-8-16-45)53-33-27-47-37-57-58-38-48-28-34-54(36-50(48)40-62(58)65-61(57)39-49(47)35-53)64(52-31-25-44(26-32-52)42(3)4)60-22-14-12-20-56(60)46-17-9-6-10-18-46/h5-42H,1-4H3. The lowest BCUT2D eigenvalue weighted by molar-refractivity contribution is 0.670. The largest absolute Gasteiger partial charge is 0.456 e. The molecule has 0 aliphatic heterocycles. The lowest BCUT2D eigenvalue weighted by Gasteiger charge is -2.28. The van der Waals surface area contributed by atoms with Crippen LogP contribution in [0.3, 0.4) is 0 Å². The van der Waals surface area contributed by atoms with Crippen molar-refractivity contribution in [2.75, 3.05) is 9.80 Å². The van der Waals surface area contributed by atoms with Crippen LogP contribution in [0.2, 0.25) is 0 Å². The van der Waals surface area contributed by atoms with Crippen molar-refractivity contribution in [3.05, 3.63) is 230 Å². The first-order chi connectivity index (χ1) is 31.9. The lowest BCUT2D eigenvalue weighted by Crippen LogP contribution is -2.11. The van der Waals surface area contributed by atoms with Gasteiger partial charge in [0.05, 0.1) is 11.4 Å². The zero-order chi connectivity index (χ0) is 44.0. The van der Waals surface area contributed by atoms with Gasteiger partial charge in [0.15, 0.2) is 0 Å². The molecule has 1 aromatic heterocycles. The third-order valence-electron chi connectivity index (χ3n) is 13.0. The molecule has 11 aromatic rings. The Morgan fingerprint density at radius 2 is 0.692 bits per heavy atom. The molecule has 3 heteroatoms. The van der Waals surface area contributed by atoms with Crippen molar-refractivity contribution in [2.45, 2.75) is 39.5 Å². The smallest absolute Gasteiger partial charge is 0.136 e. The summed E-state index contributed by atoms with van der Waals surface area (Å²) in [5.41, 5.74) is 15.8. The topological polar surface area (TPSA) is 19.6 Å². The zero-order valence-corrected chi connectivity index (χ0v) is 37.2. The first-order valence-electron chi connectivity index (χ1n) is 22.8. The van der Waals surface area contributed by atoms with Crippen molar-refractivity contribution in [1.82, 2.24) is 0 Å². The molecular formula is C62H50N2O. The summed E-state index contributed by atoms with van der Waals surface area (Å²) in [5.74, 6) is 0.899. The van der Waals surface area contributed by atoms with E-state index in [2.05, 4.69) is 256 Å². The molecule has 0 atom stereocenters. The van der Waals surface area contributed by atoms with Gasteiger partial charge in [0.1, 0.15) is 11.2 Å². The van der Waals surface area contributed by atoms with Gasteiger partial charge in [-0.3, -0.25) is 0 Å². The number of anilines is 6. The molecule has 3 nitrogen and oxygen atoms in total. The average molecular weight is 839 g/mol. The number of fused-ring (bicyclic) bond motifs is 5. The maximum absolute atomic E-state index is 6.81. The van der Waals surface area contributed by atoms with E-state index in [1.807, 2.05) is 0 Å². The van der Waals surface area contributed by atoms with Crippen LogP contribution in [0.4, 0.5) is 34.1 Å². The zero-order valence-electron chi connectivity index (χ0n) is 37.2. The third-order valence-corrected chi connectivity index (χ3v) is 13.0. The van der Waals surface area contributed by atoms with Crippen molar-refractivity contribution in [3.63, 3.8) is 0 Å². The number of para-hydroxylation sites is 2. The fourth-order valence-corrected chi connectivity index (χ4v) is 9.45. The number of benzene rings is 10. The van der Waals surface area contributed by atoms with E-state index in [1.54, 1.807) is 0 Å². The molecule has 0 radical (unpaired) electrons. The normalized spacial score (nSPS) is 11.7. The van der Waals surface area contributed by atoms with E-state index in [1.165, 1.54) is 44.2 Å². The molecular weight excluding hydrogens is 789 g/mol. The molecule has 0 saturated heterocycles. The maximum atomic E-state index is 6.81. The Morgan fingerprint density at radius 1 is 0.323 bits per heavy atom. The molecule has 0 spiro atoms. The molecule has 0 unspecified atom stereocenters. The van der Waals surface area contributed by atoms with E-state index in [-0.39, 0.29) is 0 Å². The second kappa shape index (κ2) is 16.7. The Balaban J connectivity index is 1.02. The SMILES string of the molecule is CC(C)c1ccc(N(c2ccc3cc4c(cc3c2)oc2cc3cc(N(c5ccc(C(C)C)cc5)c5ccccc5-c5ccccc5)ccc3cc24)c2ccccc2-c2ccccc2)cc1. The Labute approximate surface area is 381 Å². The van der Waals surface area contributed by atoms with Gasteiger partial charge < -0.3 is 14.2 Å². The van der Waals surface area contributed by atoms with Crippen LogP contribution in [-0.4, -0.2) is 0 Å². The van der Waals surface area contributed by atoms with Gasteiger partial charge in [0.2, 0.25) is 0 Å². The molecule has 65 heavy (non-hydrogen) atoms. The van der Waals surface area contributed by atoms with Crippen LogP contribution in [0, 0.1) is 0 Å². The van der Waals surface area contributed by atoms with Crippen LogP contribution in [0.25, 0.3) is 65.7 Å². The van der Waals surface area contributed by atoms with Gasteiger partial charge in [-0.05, 0) is 141 Å². The summed E-state index contributed by atoms with van der Waals surface area (Å²) < 4.78 is 6.81. The number of furan rings is 1. The van der Waals surface area contributed by atoms with E-state index in [4.69, 9.17) is 4.42 Å². The van der Waals surface area contributed by atoms with Gasteiger partial charge in [0.25, 0.3) is 0 Å². The third kappa shape index (κ3) is 7.49.